The van der Waals surface area contributed by atoms with Crippen LogP contribution >= 0.6 is 7.81 Å². The Morgan fingerprint density at radius 2 is 1.28 bits per heavy atom. The molecular formula is C16H28F6NOP. The van der Waals surface area contributed by atoms with Gasteiger partial charge in [0.05, 0.1) is 6.54 Å². The molecule has 1 aromatic carbocycles. The first kappa shape index (κ1) is 24.1. The van der Waals surface area contributed by atoms with Crippen molar-refractivity contribution in [1.82, 2.24) is 0 Å². The van der Waals surface area contributed by atoms with Gasteiger partial charge in [0.2, 0.25) is 0 Å². The van der Waals surface area contributed by atoms with Gasteiger partial charge in [0, 0.05) is 6.61 Å². The van der Waals surface area contributed by atoms with E-state index in [1.165, 1.54) is 24.1 Å². The molecule has 1 rings (SSSR count). The number of aliphatic hydroxyl groups excluding tert-OH is 1. The van der Waals surface area contributed by atoms with Crippen molar-refractivity contribution in [1.29, 1.82) is 0 Å². The molecule has 0 radical (unpaired) electrons. The summed E-state index contributed by atoms with van der Waals surface area (Å²) in [5.41, 5.74) is 2.95. The molecule has 0 saturated heterocycles. The quantitative estimate of drug-likeness (QED) is 0.248. The molecule has 0 atom stereocenters. The number of hydrogen-bond donors (Lipinski definition) is 2. The maximum absolute atomic E-state index is 10.7. The minimum absolute atomic E-state index is 0.239. The summed E-state index contributed by atoms with van der Waals surface area (Å²) in [7, 11) is -10.7. The average molecular weight is 395 g/mol. The molecule has 0 aromatic heterocycles. The molecule has 0 fully saturated rings. The Morgan fingerprint density at radius 1 is 0.840 bits per heavy atom. The fraction of sp³-hybridized carbons (Fsp3) is 0.625. The summed E-state index contributed by atoms with van der Waals surface area (Å²) < 4.78 is 59.2. The Balaban J connectivity index is 0.000000697. The Bertz CT molecular complexity index is 496. The van der Waals surface area contributed by atoms with Gasteiger partial charge in [0.1, 0.15) is 5.69 Å². The zero-order chi connectivity index (χ0) is 19.8. The van der Waals surface area contributed by atoms with Gasteiger partial charge in [0.15, 0.2) is 0 Å². The number of quaternary nitrogens is 1. The summed E-state index contributed by atoms with van der Waals surface area (Å²) in [6.07, 6.45) is 4.53. The zero-order valence-electron chi connectivity index (χ0n) is 14.8. The molecule has 150 valence electrons. The zero-order valence-corrected chi connectivity index (χ0v) is 15.7. The summed E-state index contributed by atoms with van der Waals surface area (Å²) in [5.74, 6) is 0. The molecule has 9 heteroatoms. The fourth-order valence-electron chi connectivity index (χ4n) is 2.00. The van der Waals surface area contributed by atoms with Crippen molar-refractivity contribution in [3.05, 3.63) is 29.8 Å². The van der Waals surface area contributed by atoms with Gasteiger partial charge < -0.3 is 10.4 Å². The van der Waals surface area contributed by atoms with Gasteiger partial charge in [-0.3, -0.25) is 0 Å². The average Bonchev–Trinajstić information content (AvgIpc) is 2.39. The topological polar surface area (TPSA) is 36.8 Å². The first-order chi connectivity index (χ1) is 11.0. The Labute approximate surface area is 144 Å². The molecule has 0 aliphatic rings. The number of rotatable bonds is 7. The molecule has 2 nitrogen and oxygen atoms in total. The Kier molecular flexibility index (Phi) is 7.95. The summed E-state index contributed by atoms with van der Waals surface area (Å²) in [6.45, 7) is 8.20. The predicted molar refractivity (Wildman–Crippen MR) is 90.7 cm³/mol. The van der Waals surface area contributed by atoms with Crippen molar-refractivity contribution in [3.63, 3.8) is 0 Å². The van der Waals surface area contributed by atoms with E-state index in [0.29, 0.717) is 6.61 Å². The normalized spacial score (nSPS) is 15.0. The number of halogens is 6. The van der Waals surface area contributed by atoms with Crippen LogP contribution in [0.5, 0.6) is 0 Å². The second-order valence-electron chi connectivity index (χ2n) is 6.96. The van der Waals surface area contributed by atoms with Gasteiger partial charge in [-0.05, 0) is 42.4 Å². The first-order valence-corrected chi connectivity index (χ1v) is 10.1. The van der Waals surface area contributed by atoms with Crippen LogP contribution in [0.4, 0.5) is 30.9 Å². The van der Waals surface area contributed by atoms with E-state index >= 15 is 0 Å². The van der Waals surface area contributed by atoms with Crippen molar-refractivity contribution in [3.8, 4) is 0 Å². The second kappa shape index (κ2) is 8.23. The van der Waals surface area contributed by atoms with E-state index in [1.807, 2.05) is 0 Å². The van der Waals surface area contributed by atoms with Gasteiger partial charge >= 0.3 is 33.0 Å². The third-order valence-corrected chi connectivity index (χ3v) is 3.27. The van der Waals surface area contributed by atoms with Crippen LogP contribution in [-0.4, -0.2) is 18.3 Å². The van der Waals surface area contributed by atoms with Gasteiger partial charge in [0.25, 0.3) is 0 Å². The fourth-order valence-corrected chi connectivity index (χ4v) is 2.00. The van der Waals surface area contributed by atoms with Crippen LogP contribution in [0.3, 0.4) is 0 Å². The molecule has 0 aliphatic carbocycles. The maximum atomic E-state index is 9.87. The van der Waals surface area contributed by atoms with Gasteiger partial charge in [-0.1, -0.05) is 39.3 Å². The molecule has 1 aromatic rings. The monoisotopic (exact) mass is 395 g/mol. The molecule has 0 bridgehead atoms. The van der Waals surface area contributed by atoms with Crippen molar-refractivity contribution >= 4 is 13.5 Å². The third-order valence-electron chi connectivity index (χ3n) is 3.27. The SMILES string of the molecule is CC(C)(C)c1ccc([NH2+]CCCCCCO)cc1.F[P-](F)(F)(F)(F)F. The summed E-state index contributed by atoms with van der Waals surface area (Å²) in [4.78, 5) is 0. The molecule has 3 N–H and O–H groups in total. The van der Waals surface area contributed by atoms with E-state index in [1.54, 1.807) is 0 Å². The van der Waals surface area contributed by atoms with Gasteiger partial charge in [-0.25, -0.2) is 0 Å². The molecule has 0 heterocycles. The van der Waals surface area contributed by atoms with Crippen molar-refractivity contribution < 1.29 is 35.6 Å². The molecule has 0 saturated carbocycles. The van der Waals surface area contributed by atoms with Gasteiger partial charge in [-0.15, -0.1) is 0 Å². The van der Waals surface area contributed by atoms with E-state index in [2.05, 4.69) is 50.4 Å². The van der Waals surface area contributed by atoms with Crippen LogP contribution in [0.2, 0.25) is 0 Å². The number of hydrogen-bond acceptors (Lipinski definition) is 1. The summed E-state index contributed by atoms with van der Waals surface area (Å²) >= 11 is 0. The van der Waals surface area contributed by atoms with Gasteiger partial charge in [-0.2, -0.15) is 0 Å². The number of nitrogens with two attached hydrogens (primary N) is 1. The summed E-state index contributed by atoms with van der Waals surface area (Å²) in [6, 6.07) is 8.90. The molecular weight excluding hydrogens is 367 g/mol. The predicted octanol–water partition coefficient (Wildman–Crippen LogP) is 6.11. The molecule has 0 spiro atoms. The number of benzene rings is 1. The number of unbranched alkanes of at least 4 members (excludes halogenated alkanes) is 3. The molecule has 0 unspecified atom stereocenters. The van der Waals surface area contributed by atoms with Crippen molar-refractivity contribution in [2.45, 2.75) is 51.9 Å². The van der Waals surface area contributed by atoms with E-state index < -0.39 is 7.81 Å². The van der Waals surface area contributed by atoms with Crippen LogP contribution in [0.25, 0.3) is 0 Å². The standard InChI is InChI=1S/C16H27NO.F6P/c1-16(2,3)14-8-10-15(11-9-14)17-12-6-4-5-7-13-18;1-7(2,3,4,5)6/h8-11,17-18H,4-7,12-13H2,1-3H3;/q;-1/p+1. The van der Waals surface area contributed by atoms with E-state index in [0.717, 1.165) is 19.4 Å². The van der Waals surface area contributed by atoms with E-state index in [-0.39, 0.29) is 5.41 Å². The number of aliphatic hydroxyl groups is 1. The molecule has 0 amide bonds. The second-order valence-corrected chi connectivity index (χ2v) is 8.88. The van der Waals surface area contributed by atoms with Crippen LogP contribution in [-0.2, 0) is 5.41 Å². The Hall–Kier alpha value is -0.850. The first-order valence-electron chi connectivity index (χ1n) is 8.10. The van der Waals surface area contributed by atoms with Crippen LogP contribution in [0.15, 0.2) is 24.3 Å². The van der Waals surface area contributed by atoms with Crippen LogP contribution < -0.4 is 5.32 Å². The van der Waals surface area contributed by atoms with Crippen molar-refractivity contribution in [2.75, 3.05) is 13.2 Å². The molecule has 25 heavy (non-hydrogen) atoms. The molecule has 0 aliphatic heterocycles. The van der Waals surface area contributed by atoms with Crippen LogP contribution in [0.1, 0.15) is 52.0 Å². The Morgan fingerprint density at radius 3 is 1.68 bits per heavy atom. The minimum atomic E-state index is -10.7. The van der Waals surface area contributed by atoms with E-state index in [9.17, 15) is 25.2 Å². The van der Waals surface area contributed by atoms with Crippen molar-refractivity contribution in [2.24, 2.45) is 0 Å². The van der Waals surface area contributed by atoms with Crippen LogP contribution in [0, 0.1) is 0 Å². The third kappa shape index (κ3) is 19.3. The van der Waals surface area contributed by atoms with E-state index in [4.69, 9.17) is 5.11 Å². The summed E-state index contributed by atoms with van der Waals surface area (Å²) in [5, 5.41) is 11.0.